The second-order valence-electron chi connectivity index (χ2n) is 7.93. The lowest BCUT2D eigenvalue weighted by Gasteiger charge is -2.23. The van der Waals surface area contributed by atoms with Gasteiger partial charge in [0.05, 0.1) is 10.9 Å². The lowest BCUT2D eigenvalue weighted by atomic mass is 9.87. The van der Waals surface area contributed by atoms with Crippen molar-refractivity contribution in [2.75, 3.05) is 0 Å². The molecule has 1 amide bonds. The minimum Gasteiger partial charge on any atom is -0.345 e. The van der Waals surface area contributed by atoms with Crippen LogP contribution in [0.1, 0.15) is 31.5 Å². The molecule has 2 unspecified atom stereocenters. The Morgan fingerprint density at radius 1 is 1.19 bits per heavy atom. The number of pyridine rings is 1. The Bertz CT molecular complexity index is 1080. The number of nitrogens with zero attached hydrogens (tertiary/aromatic N) is 1. The van der Waals surface area contributed by atoms with Crippen molar-refractivity contribution in [3.63, 3.8) is 0 Å². The van der Waals surface area contributed by atoms with Crippen LogP contribution in [0.15, 0.2) is 53.6 Å². The topological polar surface area (TPSA) is 122 Å². The van der Waals surface area contributed by atoms with Crippen molar-refractivity contribution < 1.29 is 22.8 Å². The number of nitrogens with one attached hydrogen (secondary N) is 2. The van der Waals surface area contributed by atoms with E-state index in [1.807, 2.05) is 0 Å². The number of aromatic nitrogens is 1. The van der Waals surface area contributed by atoms with Gasteiger partial charge in [-0.15, -0.1) is 0 Å². The van der Waals surface area contributed by atoms with Gasteiger partial charge in [0.25, 0.3) is 5.91 Å². The Kier molecular flexibility index (Phi) is 6.97. The maximum absolute atomic E-state index is 13.1. The first-order valence-corrected chi connectivity index (χ1v) is 11.5. The summed E-state index contributed by atoms with van der Waals surface area (Å²) in [7, 11) is -3.92. The van der Waals surface area contributed by atoms with Crippen LogP contribution in [-0.4, -0.2) is 36.9 Å². The molecule has 2 aromatic rings. The minimum atomic E-state index is -3.92. The third-order valence-electron chi connectivity index (χ3n) is 5.18. The fraction of sp³-hybridized carbons (Fsp3) is 0.364. The summed E-state index contributed by atoms with van der Waals surface area (Å²) in [6.45, 7) is 3.64. The Morgan fingerprint density at radius 2 is 1.90 bits per heavy atom. The van der Waals surface area contributed by atoms with Gasteiger partial charge in [0.1, 0.15) is 0 Å². The Labute approximate surface area is 181 Å². The Hall–Kier alpha value is -2.91. The van der Waals surface area contributed by atoms with E-state index in [1.54, 1.807) is 50.4 Å². The SMILES string of the molecule is CC(C)C(NS(=O)(=O)c1ccccc1)C(=O)CC1Cc2cc(ccn2)CNC(=O)C1=O. The van der Waals surface area contributed by atoms with E-state index in [4.69, 9.17) is 0 Å². The van der Waals surface area contributed by atoms with Crippen LogP contribution in [0.5, 0.6) is 0 Å². The summed E-state index contributed by atoms with van der Waals surface area (Å²) >= 11 is 0. The van der Waals surface area contributed by atoms with Crippen LogP contribution >= 0.6 is 0 Å². The zero-order valence-electron chi connectivity index (χ0n) is 17.4. The number of benzene rings is 1. The predicted molar refractivity (Wildman–Crippen MR) is 113 cm³/mol. The highest BCUT2D eigenvalue weighted by Crippen LogP contribution is 2.20. The lowest BCUT2D eigenvalue weighted by molar-refractivity contribution is -0.141. The summed E-state index contributed by atoms with van der Waals surface area (Å²) in [6.07, 6.45) is 1.46. The highest BCUT2D eigenvalue weighted by molar-refractivity contribution is 7.89. The number of sulfonamides is 1. The molecule has 0 fully saturated rings. The van der Waals surface area contributed by atoms with Crippen LogP contribution in [-0.2, 0) is 37.4 Å². The second kappa shape index (κ2) is 9.49. The van der Waals surface area contributed by atoms with Crippen molar-refractivity contribution in [3.8, 4) is 0 Å². The van der Waals surface area contributed by atoms with E-state index in [1.165, 1.54) is 12.1 Å². The number of amides is 1. The average molecular weight is 444 g/mol. The van der Waals surface area contributed by atoms with Crippen molar-refractivity contribution in [2.24, 2.45) is 11.8 Å². The number of fused-ring (bicyclic) bond motifs is 2. The van der Waals surface area contributed by atoms with Gasteiger partial charge in [-0.1, -0.05) is 32.0 Å². The molecule has 1 aromatic heterocycles. The molecule has 164 valence electrons. The quantitative estimate of drug-likeness (QED) is 0.624. The smallest absolute Gasteiger partial charge is 0.287 e. The maximum Gasteiger partial charge on any atom is 0.287 e. The molecule has 1 aliphatic rings. The van der Waals surface area contributed by atoms with E-state index in [-0.39, 0.29) is 30.2 Å². The van der Waals surface area contributed by atoms with E-state index in [0.717, 1.165) is 5.56 Å². The number of Topliss-reactive ketones (excluding diaryl/α,β-unsaturated/α-hetero) is 2. The van der Waals surface area contributed by atoms with E-state index < -0.39 is 39.5 Å². The van der Waals surface area contributed by atoms with Crippen molar-refractivity contribution in [1.82, 2.24) is 15.0 Å². The summed E-state index contributed by atoms with van der Waals surface area (Å²) in [5.41, 5.74) is 1.42. The molecule has 2 atom stereocenters. The molecule has 3 rings (SSSR count). The van der Waals surface area contributed by atoms with Crippen molar-refractivity contribution in [2.45, 2.75) is 44.2 Å². The molecule has 0 saturated carbocycles. The number of carbonyl (C=O) groups excluding carboxylic acids is 3. The third-order valence-corrected chi connectivity index (χ3v) is 6.64. The van der Waals surface area contributed by atoms with Crippen LogP contribution in [0, 0.1) is 11.8 Å². The van der Waals surface area contributed by atoms with Crippen molar-refractivity contribution in [1.29, 1.82) is 0 Å². The molecule has 0 spiro atoms. The van der Waals surface area contributed by atoms with Gasteiger partial charge in [0, 0.05) is 37.2 Å². The molecule has 1 aliphatic heterocycles. The van der Waals surface area contributed by atoms with Crippen LogP contribution in [0.3, 0.4) is 0 Å². The number of carbonyl (C=O) groups is 3. The molecule has 0 radical (unpaired) electrons. The number of rotatable bonds is 7. The largest absolute Gasteiger partial charge is 0.345 e. The van der Waals surface area contributed by atoms with E-state index >= 15 is 0 Å². The van der Waals surface area contributed by atoms with E-state index in [9.17, 15) is 22.8 Å². The third kappa shape index (κ3) is 5.62. The molecule has 2 N–H and O–H groups in total. The molecule has 0 saturated heterocycles. The zero-order valence-corrected chi connectivity index (χ0v) is 18.2. The number of ketones is 2. The van der Waals surface area contributed by atoms with Gasteiger partial charge in [-0.25, -0.2) is 13.1 Å². The normalized spacial score (nSPS) is 18.0. The Balaban J connectivity index is 1.82. The van der Waals surface area contributed by atoms with Gasteiger partial charge in [-0.2, -0.15) is 0 Å². The average Bonchev–Trinajstić information content (AvgIpc) is 2.78. The monoisotopic (exact) mass is 443 g/mol. The van der Waals surface area contributed by atoms with E-state index in [0.29, 0.717) is 5.69 Å². The van der Waals surface area contributed by atoms with Crippen molar-refractivity contribution >= 4 is 27.5 Å². The van der Waals surface area contributed by atoms with Gasteiger partial charge < -0.3 is 5.32 Å². The summed E-state index contributed by atoms with van der Waals surface area (Å²) in [5, 5.41) is 2.56. The first-order valence-electron chi connectivity index (χ1n) is 10.0. The van der Waals surface area contributed by atoms with Crippen LogP contribution in [0.25, 0.3) is 0 Å². The highest BCUT2D eigenvalue weighted by Gasteiger charge is 2.34. The molecule has 9 heteroatoms. The summed E-state index contributed by atoms with van der Waals surface area (Å²) < 4.78 is 27.9. The first kappa shape index (κ1) is 22.8. The molecule has 8 nitrogen and oxygen atoms in total. The van der Waals surface area contributed by atoms with Gasteiger partial charge in [0.15, 0.2) is 5.78 Å². The molecular weight excluding hydrogens is 418 g/mol. The first-order chi connectivity index (χ1) is 14.7. The lowest BCUT2D eigenvalue weighted by Crippen LogP contribution is -2.46. The number of hydrogen-bond donors (Lipinski definition) is 2. The number of hydrogen-bond acceptors (Lipinski definition) is 6. The standard InChI is InChI=1S/C22H25N3O5S/c1-14(2)20(25-31(29,30)18-6-4-3-5-7-18)19(26)12-16-11-17-10-15(8-9-23-17)13-24-22(28)21(16)27/h3-10,14,16,20,25H,11-13H2,1-2H3,(H,24,28). The fourth-order valence-electron chi connectivity index (χ4n) is 3.49. The minimum absolute atomic E-state index is 0.0485. The van der Waals surface area contributed by atoms with Crippen LogP contribution < -0.4 is 10.0 Å². The fourth-order valence-corrected chi connectivity index (χ4v) is 4.88. The van der Waals surface area contributed by atoms with Gasteiger partial charge in [-0.3, -0.25) is 19.4 Å². The van der Waals surface area contributed by atoms with Gasteiger partial charge in [-0.05, 0) is 35.7 Å². The van der Waals surface area contributed by atoms with E-state index in [2.05, 4.69) is 15.0 Å². The molecule has 1 aromatic carbocycles. The molecule has 0 aliphatic carbocycles. The second-order valence-corrected chi connectivity index (χ2v) is 9.64. The van der Waals surface area contributed by atoms with Crippen LogP contribution in [0.2, 0.25) is 0 Å². The highest BCUT2D eigenvalue weighted by atomic mass is 32.2. The molecule has 2 heterocycles. The molecule has 31 heavy (non-hydrogen) atoms. The zero-order chi connectivity index (χ0) is 22.6. The summed E-state index contributed by atoms with van der Waals surface area (Å²) in [5.74, 6) is -3.18. The molecule has 2 bridgehead atoms. The summed E-state index contributed by atoms with van der Waals surface area (Å²) in [6, 6.07) is 10.3. The van der Waals surface area contributed by atoms with Crippen molar-refractivity contribution in [3.05, 3.63) is 59.9 Å². The molecular formula is C22H25N3O5S. The van der Waals surface area contributed by atoms with Gasteiger partial charge in [0.2, 0.25) is 15.8 Å². The predicted octanol–water partition coefficient (Wildman–Crippen LogP) is 1.40. The van der Waals surface area contributed by atoms with Crippen LogP contribution in [0.4, 0.5) is 0 Å². The Morgan fingerprint density at radius 3 is 2.58 bits per heavy atom. The maximum atomic E-state index is 13.1. The van der Waals surface area contributed by atoms with Gasteiger partial charge >= 0.3 is 0 Å². The summed E-state index contributed by atoms with van der Waals surface area (Å²) in [4.78, 5) is 42.3.